The van der Waals surface area contributed by atoms with Crippen LogP contribution in [0.5, 0.6) is 0 Å². The maximum absolute atomic E-state index is 10.5. The van der Waals surface area contributed by atoms with Crippen LogP contribution in [0.1, 0.15) is 26.2 Å². The molecule has 1 rings (SSSR count). The minimum Gasteiger partial charge on any atom is -0.369 e. The number of ether oxygens (including phenoxy) is 1. The first-order chi connectivity index (χ1) is 5.20. The average Bonchev–Trinajstić information content (AvgIpc) is 2.31. The first-order valence-corrected chi connectivity index (χ1v) is 4.07. The predicted molar refractivity (Wildman–Crippen MR) is 49.5 cm³/mol. The van der Waals surface area contributed by atoms with Crippen LogP contribution in [0.25, 0.3) is 0 Å². The molecule has 0 unspecified atom stereocenters. The van der Waals surface area contributed by atoms with E-state index in [0.717, 1.165) is 19.3 Å². The van der Waals surface area contributed by atoms with Crippen molar-refractivity contribution in [3.8, 4) is 0 Å². The number of carbonyl (C=O) groups excluding carboxylic acids is 1. The van der Waals surface area contributed by atoms with Gasteiger partial charge in [0, 0.05) is 6.04 Å². The maximum atomic E-state index is 10.5. The molecule has 0 aromatic rings. The van der Waals surface area contributed by atoms with Crippen molar-refractivity contribution >= 4 is 18.2 Å². The van der Waals surface area contributed by atoms with Crippen molar-refractivity contribution in [1.82, 2.24) is 0 Å². The second-order valence-electron chi connectivity index (χ2n) is 3.15. The Morgan fingerprint density at radius 2 is 2.25 bits per heavy atom. The fourth-order valence-corrected chi connectivity index (χ4v) is 1.39. The molecule has 0 aromatic carbocycles. The second kappa shape index (κ2) is 5.51. The van der Waals surface area contributed by atoms with Crippen LogP contribution in [0, 0.1) is 0 Å². The summed E-state index contributed by atoms with van der Waals surface area (Å²) in [6.45, 7) is 1.75. The molecule has 3 nitrogen and oxygen atoms in total. The van der Waals surface area contributed by atoms with Crippen molar-refractivity contribution in [2.45, 2.75) is 38.3 Å². The standard InChI is InChI=1S/C8H15NO2.ClH/c1-6(10)5-11-8-4-2-3-7(8)9;/h7-8H,2-5,9H2,1H3;1H/t7-,8+;/m0./s1. The zero-order chi connectivity index (χ0) is 8.27. The Labute approximate surface area is 79.1 Å². The molecule has 0 saturated heterocycles. The van der Waals surface area contributed by atoms with Crippen LogP contribution in [0.2, 0.25) is 0 Å². The summed E-state index contributed by atoms with van der Waals surface area (Å²) in [5.41, 5.74) is 5.73. The Balaban J connectivity index is 0.00000121. The van der Waals surface area contributed by atoms with E-state index in [1.807, 2.05) is 0 Å². The zero-order valence-electron chi connectivity index (χ0n) is 7.29. The smallest absolute Gasteiger partial charge is 0.155 e. The molecule has 1 aliphatic rings. The fourth-order valence-electron chi connectivity index (χ4n) is 1.39. The van der Waals surface area contributed by atoms with E-state index in [0.29, 0.717) is 0 Å². The summed E-state index contributed by atoms with van der Waals surface area (Å²) < 4.78 is 5.30. The molecule has 2 atom stereocenters. The summed E-state index contributed by atoms with van der Waals surface area (Å²) in [5.74, 6) is 0.0732. The lowest BCUT2D eigenvalue weighted by atomic mass is 10.2. The molecule has 1 aliphatic carbocycles. The highest BCUT2D eigenvalue weighted by Crippen LogP contribution is 2.19. The third-order valence-corrected chi connectivity index (χ3v) is 2.00. The van der Waals surface area contributed by atoms with Crippen molar-refractivity contribution in [2.24, 2.45) is 5.73 Å². The topological polar surface area (TPSA) is 52.3 Å². The largest absolute Gasteiger partial charge is 0.369 e. The normalized spacial score (nSPS) is 28.2. The van der Waals surface area contributed by atoms with Gasteiger partial charge in [0.15, 0.2) is 5.78 Å². The van der Waals surface area contributed by atoms with Crippen LogP contribution >= 0.6 is 12.4 Å². The molecule has 12 heavy (non-hydrogen) atoms. The van der Waals surface area contributed by atoms with Crippen molar-refractivity contribution in [3.05, 3.63) is 0 Å². The number of hydrogen-bond donors (Lipinski definition) is 1. The van der Waals surface area contributed by atoms with Gasteiger partial charge in [-0.05, 0) is 26.2 Å². The quantitative estimate of drug-likeness (QED) is 0.725. The van der Waals surface area contributed by atoms with Crippen molar-refractivity contribution in [1.29, 1.82) is 0 Å². The van der Waals surface area contributed by atoms with Crippen molar-refractivity contribution in [3.63, 3.8) is 0 Å². The molecule has 4 heteroatoms. The van der Waals surface area contributed by atoms with Gasteiger partial charge in [-0.2, -0.15) is 0 Å². The van der Waals surface area contributed by atoms with Crippen molar-refractivity contribution in [2.75, 3.05) is 6.61 Å². The van der Waals surface area contributed by atoms with Gasteiger partial charge in [-0.1, -0.05) is 0 Å². The Hall–Kier alpha value is -0.120. The molecule has 0 bridgehead atoms. The van der Waals surface area contributed by atoms with Gasteiger partial charge in [0.05, 0.1) is 6.10 Å². The van der Waals surface area contributed by atoms with Crippen LogP contribution in [0.4, 0.5) is 0 Å². The molecule has 0 radical (unpaired) electrons. The Morgan fingerprint density at radius 3 is 2.67 bits per heavy atom. The minimum absolute atomic E-state index is 0. The van der Waals surface area contributed by atoms with Gasteiger partial charge >= 0.3 is 0 Å². The lowest BCUT2D eigenvalue weighted by molar-refractivity contribution is -0.123. The van der Waals surface area contributed by atoms with Gasteiger partial charge in [0.1, 0.15) is 6.61 Å². The fraction of sp³-hybridized carbons (Fsp3) is 0.875. The van der Waals surface area contributed by atoms with E-state index in [9.17, 15) is 4.79 Å². The van der Waals surface area contributed by atoms with E-state index in [-0.39, 0.29) is 36.9 Å². The molecular formula is C8H16ClNO2. The molecule has 1 saturated carbocycles. The molecular weight excluding hydrogens is 178 g/mol. The highest BCUT2D eigenvalue weighted by Gasteiger charge is 2.24. The molecule has 2 N–H and O–H groups in total. The molecule has 0 spiro atoms. The number of hydrogen-bond acceptors (Lipinski definition) is 3. The molecule has 1 fully saturated rings. The molecule has 0 amide bonds. The van der Waals surface area contributed by atoms with Gasteiger partial charge in [-0.3, -0.25) is 4.79 Å². The van der Waals surface area contributed by atoms with E-state index < -0.39 is 0 Å². The summed E-state index contributed by atoms with van der Waals surface area (Å²) in [6.07, 6.45) is 3.29. The number of halogens is 1. The lowest BCUT2D eigenvalue weighted by Gasteiger charge is -2.14. The van der Waals surface area contributed by atoms with Gasteiger partial charge < -0.3 is 10.5 Å². The van der Waals surface area contributed by atoms with Gasteiger partial charge in [0.2, 0.25) is 0 Å². The molecule has 0 heterocycles. The predicted octanol–water partition coefficient (Wildman–Crippen LogP) is 0.894. The third kappa shape index (κ3) is 3.52. The van der Waals surface area contributed by atoms with Crippen molar-refractivity contribution < 1.29 is 9.53 Å². The number of nitrogens with two attached hydrogens (primary N) is 1. The van der Waals surface area contributed by atoms with Gasteiger partial charge in [-0.25, -0.2) is 0 Å². The highest BCUT2D eigenvalue weighted by atomic mass is 35.5. The van der Waals surface area contributed by atoms with Crippen LogP contribution in [0.3, 0.4) is 0 Å². The zero-order valence-corrected chi connectivity index (χ0v) is 8.10. The summed E-state index contributed by atoms with van der Waals surface area (Å²) >= 11 is 0. The summed E-state index contributed by atoms with van der Waals surface area (Å²) in [6, 6.07) is 0.148. The van der Waals surface area contributed by atoms with Crippen LogP contribution < -0.4 is 5.73 Å². The molecule has 72 valence electrons. The van der Waals surface area contributed by atoms with Crippen LogP contribution in [-0.4, -0.2) is 24.5 Å². The Morgan fingerprint density at radius 1 is 1.58 bits per heavy atom. The Kier molecular flexibility index (Phi) is 5.46. The maximum Gasteiger partial charge on any atom is 0.155 e. The van der Waals surface area contributed by atoms with Crippen LogP contribution in [0.15, 0.2) is 0 Å². The van der Waals surface area contributed by atoms with E-state index >= 15 is 0 Å². The number of Topliss-reactive ketones (excluding diaryl/α,β-unsaturated/α-hetero) is 1. The third-order valence-electron chi connectivity index (χ3n) is 2.00. The van der Waals surface area contributed by atoms with E-state index in [1.54, 1.807) is 0 Å². The molecule has 0 aromatic heterocycles. The highest BCUT2D eigenvalue weighted by molar-refractivity contribution is 5.85. The lowest BCUT2D eigenvalue weighted by Crippen LogP contribution is -2.32. The second-order valence-corrected chi connectivity index (χ2v) is 3.15. The Bertz CT molecular complexity index is 152. The number of rotatable bonds is 3. The monoisotopic (exact) mass is 193 g/mol. The summed E-state index contributed by atoms with van der Waals surface area (Å²) in [4.78, 5) is 10.5. The van der Waals surface area contributed by atoms with E-state index in [2.05, 4.69) is 0 Å². The van der Waals surface area contributed by atoms with Crippen LogP contribution in [-0.2, 0) is 9.53 Å². The first-order valence-electron chi connectivity index (χ1n) is 4.07. The minimum atomic E-state index is 0. The first kappa shape index (κ1) is 11.9. The van der Waals surface area contributed by atoms with Gasteiger partial charge in [-0.15, -0.1) is 12.4 Å². The summed E-state index contributed by atoms with van der Waals surface area (Å²) in [5, 5.41) is 0. The number of ketones is 1. The van der Waals surface area contributed by atoms with E-state index in [4.69, 9.17) is 10.5 Å². The number of carbonyl (C=O) groups is 1. The SMILES string of the molecule is CC(=O)CO[C@@H]1CCC[C@@H]1N.Cl. The summed E-state index contributed by atoms with van der Waals surface area (Å²) in [7, 11) is 0. The average molecular weight is 194 g/mol. The van der Waals surface area contributed by atoms with Gasteiger partial charge in [0.25, 0.3) is 0 Å². The van der Waals surface area contributed by atoms with E-state index in [1.165, 1.54) is 6.92 Å². The molecule has 0 aliphatic heterocycles.